The van der Waals surface area contributed by atoms with Crippen molar-refractivity contribution in [2.24, 2.45) is 11.1 Å². The second-order valence-corrected chi connectivity index (χ2v) is 7.70. The molecule has 0 atom stereocenters. The number of carbonyl (C=O) groups is 1. The molecule has 1 fully saturated rings. The zero-order chi connectivity index (χ0) is 15.1. The van der Waals surface area contributed by atoms with Crippen molar-refractivity contribution in [2.45, 2.75) is 78.5 Å². The molecule has 0 unspecified atom stereocenters. The Morgan fingerprint density at radius 2 is 1.74 bits per heavy atom. The number of carbonyl (C=O) groups excluding carboxylic acids is 1. The Labute approximate surface area is 117 Å². The molecule has 0 aromatic rings. The third-order valence-corrected chi connectivity index (χ3v) is 3.94. The fourth-order valence-corrected chi connectivity index (χ4v) is 2.26. The predicted molar refractivity (Wildman–Crippen MR) is 78.0 cm³/mol. The lowest BCUT2D eigenvalue weighted by Crippen LogP contribution is -2.52. The number of ether oxygens (including phenoxy) is 1. The van der Waals surface area contributed by atoms with E-state index in [-0.39, 0.29) is 23.1 Å². The van der Waals surface area contributed by atoms with Crippen molar-refractivity contribution in [3.05, 3.63) is 0 Å². The molecule has 1 saturated carbocycles. The van der Waals surface area contributed by atoms with Gasteiger partial charge >= 0.3 is 6.09 Å². The lowest BCUT2D eigenvalue weighted by Gasteiger charge is -2.38. The van der Waals surface area contributed by atoms with Gasteiger partial charge in [-0.05, 0) is 61.3 Å². The van der Waals surface area contributed by atoms with Gasteiger partial charge in [-0.25, -0.2) is 4.79 Å². The maximum Gasteiger partial charge on any atom is 0.410 e. The Bertz CT molecular complexity index is 333. The fourth-order valence-electron chi connectivity index (χ4n) is 2.26. The van der Waals surface area contributed by atoms with Crippen LogP contribution < -0.4 is 5.73 Å². The standard InChI is InChI=1S/C15H30N2O2/c1-11(2)17(12(18)19-13(3,4)5)10-15(8-9-15)14(6,7)16/h11H,8-10,16H2,1-7H3. The normalized spacial score (nSPS) is 18.4. The SMILES string of the molecule is CC(C)N(CC1(C(C)(C)N)CC1)C(=O)OC(C)(C)C. The van der Waals surface area contributed by atoms with Crippen LogP contribution in [0.3, 0.4) is 0 Å². The molecule has 2 N–H and O–H groups in total. The summed E-state index contributed by atoms with van der Waals surface area (Å²) in [6.45, 7) is 14.5. The molecule has 1 aliphatic rings. The van der Waals surface area contributed by atoms with Crippen LogP contribution in [0.25, 0.3) is 0 Å². The van der Waals surface area contributed by atoms with E-state index in [1.165, 1.54) is 0 Å². The summed E-state index contributed by atoms with van der Waals surface area (Å²) in [6, 6.07) is 0.120. The average molecular weight is 270 g/mol. The molecule has 0 aromatic heterocycles. The molecule has 19 heavy (non-hydrogen) atoms. The lowest BCUT2D eigenvalue weighted by atomic mass is 9.84. The van der Waals surface area contributed by atoms with Gasteiger partial charge in [0.05, 0.1) is 0 Å². The van der Waals surface area contributed by atoms with Crippen LogP contribution in [0.4, 0.5) is 4.79 Å². The summed E-state index contributed by atoms with van der Waals surface area (Å²) in [5.74, 6) is 0. The summed E-state index contributed by atoms with van der Waals surface area (Å²) in [5, 5.41) is 0. The zero-order valence-corrected chi connectivity index (χ0v) is 13.5. The van der Waals surface area contributed by atoms with E-state index in [1.54, 1.807) is 0 Å². The van der Waals surface area contributed by atoms with Gasteiger partial charge < -0.3 is 15.4 Å². The summed E-state index contributed by atoms with van der Waals surface area (Å²) in [7, 11) is 0. The van der Waals surface area contributed by atoms with Crippen LogP contribution in [0.15, 0.2) is 0 Å². The molecular weight excluding hydrogens is 240 g/mol. The van der Waals surface area contributed by atoms with Crippen molar-refractivity contribution < 1.29 is 9.53 Å². The van der Waals surface area contributed by atoms with Gasteiger partial charge in [-0.1, -0.05) is 0 Å². The minimum absolute atomic E-state index is 0.0498. The topological polar surface area (TPSA) is 55.6 Å². The molecule has 0 aromatic carbocycles. The molecule has 0 heterocycles. The minimum atomic E-state index is -0.459. The molecule has 1 amide bonds. The molecule has 0 saturated heterocycles. The van der Waals surface area contributed by atoms with Crippen molar-refractivity contribution in [1.82, 2.24) is 4.90 Å². The van der Waals surface area contributed by atoms with Crippen LogP contribution in [0, 0.1) is 5.41 Å². The summed E-state index contributed by atoms with van der Waals surface area (Å²) < 4.78 is 5.49. The Balaban J connectivity index is 2.78. The van der Waals surface area contributed by atoms with Gasteiger partial charge in [0.25, 0.3) is 0 Å². The van der Waals surface area contributed by atoms with Gasteiger partial charge in [-0.15, -0.1) is 0 Å². The van der Waals surface area contributed by atoms with Gasteiger partial charge in [0.15, 0.2) is 0 Å². The summed E-state index contributed by atoms with van der Waals surface area (Å²) in [6.07, 6.45) is 1.93. The van der Waals surface area contributed by atoms with E-state index in [0.717, 1.165) is 12.8 Å². The quantitative estimate of drug-likeness (QED) is 0.853. The van der Waals surface area contributed by atoms with E-state index in [9.17, 15) is 4.79 Å². The zero-order valence-electron chi connectivity index (χ0n) is 13.5. The van der Waals surface area contributed by atoms with Gasteiger partial charge in [0.2, 0.25) is 0 Å². The molecule has 4 heteroatoms. The number of hydrogen-bond donors (Lipinski definition) is 1. The van der Waals surface area contributed by atoms with Crippen LogP contribution in [0.1, 0.15) is 61.3 Å². The number of nitrogens with two attached hydrogens (primary N) is 1. The third-order valence-electron chi connectivity index (χ3n) is 3.94. The summed E-state index contributed by atoms with van der Waals surface area (Å²) in [5.41, 5.74) is 5.60. The Morgan fingerprint density at radius 3 is 2.00 bits per heavy atom. The molecule has 1 aliphatic carbocycles. The van der Waals surface area contributed by atoms with Gasteiger partial charge in [-0.2, -0.15) is 0 Å². The first-order valence-corrected chi connectivity index (χ1v) is 7.16. The highest BCUT2D eigenvalue weighted by Crippen LogP contribution is 2.53. The molecule has 0 bridgehead atoms. The summed E-state index contributed by atoms with van der Waals surface area (Å²) >= 11 is 0. The van der Waals surface area contributed by atoms with Gasteiger partial charge in [-0.3, -0.25) is 0 Å². The molecule has 4 nitrogen and oxygen atoms in total. The molecule has 112 valence electrons. The number of rotatable bonds is 4. The van der Waals surface area contributed by atoms with Crippen molar-refractivity contribution in [3.8, 4) is 0 Å². The first kappa shape index (κ1) is 16.3. The van der Waals surface area contributed by atoms with Crippen molar-refractivity contribution >= 4 is 6.09 Å². The maximum absolute atomic E-state index is 12.3. The van der Waals surface area contributed by atoms with E-state index in [0.29, 0.717) is 6.54 Å². The monoisotopic (exact) mass is 270 g/mol. The van der Waals surface area contributed by atoms with E-state index in [1.807, 2.05) is 53.4 Å². The molecule has 0 radical (unpaired) electrons. The summed E-state index contributed by atoms with van der Waals surface area (Å²) in [4.78, 5) is 14.1. The van der Waals surface area contributed by atoms with Crippen LogP contribution in [0.5, 0.6) is 0 Å². The smallest absolute Gasteiger partial charge is 0.410 e. The molecule has 1 rings (SSSR count). The Kier molecular flexibility index (Phi) is 4.26. The van der Waals surface area contributed by atoms with E-state index in [2.05, 4.69) is 0 Å². The van der Waals surface area contributed by atoms with Crippen molar-refractivity contribution in [2.75, 3.05) is 6.54 Å². The largest absolute Gasteiger partial charge is 0.444 e. The highest BCUT2D eigenvalue weighted by atomic mass is 16.6. The fraction of sp³-hybridized carbons (Fsp3) is 0.933. The first-order chi connectivity index (χ1) is 8.38. The highest BCUT2D eigenvalue weighted by molar-refractivity contribution is 5.68. The van der Waals surface area contributed by atoms with Gasteiger partial charge in [0.1, 0.15) is 5.60 Å². The Hall–Kier alpha value is -0.770. The molecule has 0 aliphatic heterocycles. The molecule has 0 spiro atoms. The second kappa shape index (κ2) is 4.97. The van der Waals surface area contributed by atoms with E-state index < -0.39 is 5.60 Å². The van der Waals surface area contributed by atoms with Crippen LogP contribution in [0.2, 0.25) is 0 Å². The Morgan fingerprint density at radius 1 is 1.26 bits per heavy atom. The number of hydrogen-bond acceptors (Lipinski definition) is 3. The minimum Gasteiger partial charge on any atom is -0.444 e. The maximum atomic E-state index is 12.3. The van der Waals surface area contributed by atoms with Crippen LogP contribution in [-0.2, 0) is 4.74 Å². The van der Waals surface area contributed by atoms with Crippen LogP contribution >= 0.6 is 0 Å². The highest BCUT2D eigenvalue weighted by Gasteiger charge is 2.54. The molecular formula is C15H30N2O2. The van der Waals surface area contributed by atoms with E-state index in [4.69, 9.17) is 10.5 Å². The number of nitrogens with zero attached hydrogens (tertiary/aromatic N) is 1. The third kappa shape index (κ3) is 4.10. The van der Waals surface area contributed by atoms with Gasteiger partial charge in [0, 0.05) is 23.5 Å². The lowest BCUT2D eigenvalue weighted by molar-refractivity contribution is 0.0113. The first-order valence-electron chi connectivity index (χ1n) is 7.16. The van der Waals surface area contributed by atoms with Crippen LogP contribution in [-0.4, -0.2) is 34.7 Å². The average Bonchev–Trinajstić information content (AvgIpc) is 2.89. The van der Waals surface area contributed by atoms with Crippen molar-refractivity contribution in [1.29, 1.82) is 0 Å². The number of amides is 1. The second-order valence-electron chi connectivity index (χ2n) is 7.70. The van der Waals surface area contributed by atoms with Crippen molar-refractivity contribution in [3.63, 3.8) is 0 Å². The predicted octanol–water partition coefficient (Wildman–Crippen LogP) is 3.15. The van der Waals surface area contributed by atoms with E-state index >= 15 is 0 Å².